The standard InChI is InChI=1S/C23H24N2O5/c1-4-15(2)21(23(28)29-3)25-20(26)14-30-22(27)19-12-8-7-11-18(19)17-10-6-5-9-16(17)13-24/h5-12,15,21H,4,14H2,1-3H3,(H,25,26)/t15-,21+/m1/s1. The molecular weight excluding hydrogens is 384 g/mol. The smallest absolute Gasteiger partial charge is 0.339 e. The van der Waals surface area contributed by atoms with Crippen LogP contribution in [0.15, 0.2) is 48.5 Å². The number of nitriles is 1. The van der Waals surface area contributed by atoms with E-state index in [1.54, 1.807) is 48.5 Å². The molecule has 0 bridgehead atoms. The summed E-state index contributed by atoms with van der Waals surface area (Å²) in [5, 5.41) is 11.9. The molecule has 0 unspecified atom stereocenters. The molecule has 2 atom stereocenters. The number of methoxy groups -OCH3 is 1. The second-order valence-electron chi connectivity index (χ2n) is 6.73. The van der Waals surface area contributed by atoms with Gasteiger partial charge in [0, 0.05) is 5.56 Å². The van der Waals surface area contributed by atoms with E-state index in [-0.39, 0.29) is 11.5 Å². The van der Waals surface area contributed by atoms with Crippen molar-refractivity contribution in [2.24, 2.45) is 5.92 Å². The highest BCUT2D eigenvalue weighted by atomic mass is 16.5. The Balaban J connectivity index is 2.13. The molecule has 0 radical (unpaired) electrons. The van der Waals surface area contributed by atoms with Crippen molar-refractivity contribution >= 4 is 17.8 Å². The molecule has 0 saturated heterocycles. The second kappa shape index (κ2) is 10.8. The number of nitrogens with zero attached hydrogens (tertiary/aromatic N) is 1. The zero-order valence-electron chi connectivity index (χ0n) is 17.2. The van der Waals surface area contributed by atoms with Crippen LogP contribution in [0.1, 0.15) is 36.2 Å². The Kier molecular flexibility index (Phi) is 8.12. The maximum atomic E-state index is 12.6. The van der Waals surface area contributed by atoms with Crippen LogP contribution in [0.3, 0.4) is 0 Å². The van der Waals surface area contributed by atoms with E-state index in [2.05, 4.69) is 11.4 Å². The molecule has 7 nitrogen and oxygen atoms in total. The summed E-state index contributed by atoms with van der Waals surface area (Å²) in [6.45, 7) is 3.16. The summed E-state index contributed by atoms with van der Waals surface area (Å²) < 4.78 is 9.90. The van der Waals surface area contributed by atoms with Crippen molar-refractivity contribution in [2.75, 3.05) is 13.7 Å². The number of carbonyl (C=O) groups excluding carboxylic acids is 3. The number of nitrogens with one attached hydrogen (secondary N) is 1. The molecule has 30 heavy (non-hydrogen) atoms. The lowest BCUT2D eigenvalue weighted by Crippen LogP contribution is -2.47. The van der Waals surface area contributed by atoms with E-state index < -0.39 is 30.5 Å². The van der Waals surface area contributed by atoms with Gasteiger partial charge in [-0.2, -0.15) is 5.26 Å². The van der Waals surface area contributed by atoms with Gasteiger partial charge in [0.1, 0.15) is 6.04 Å². The lowest BCUT2D eigenvalue weighted by molar-refractivity contribution is -0.147. The van der Waals surface area contributed by atoms with Crippen molar-refractivity contribution < 1.29 is 23.9 Å². The molecule has 0 saturated carbocycles. The Hall–Kier alpha value is -3.66. The molecule has 0 fully saturated rings. The highest BCUT2D eigenvalue weighted by Gasteiger charge is 2.27. The van der Waals surface area contributed by atoms with Crippen molar-refractivity contribution in [2.45, 2.75) is 26.3 Å². The van der Waals surface area contributed by atoms with Crippen molar-refractivity contribution in [1.29, 1.82) is 5.26 Å². The van der Waals surface area contributed by atoms with Crippen LogP contribution in [0.4, 0.5) is 0 Å². The van der Waals surface area contributed by atoms with E-state index in [4.69, 9.17) is 9.47 Å². The summed E-state index contributed by atoms with van der Waals surface area (Å²) in [6, 6.07) is 14.9. The first-order chi connectivity index (χ1) is 14.4. The number of carbonyl (C=O) groups is 3. The Morgan fingerprint density at radius 2 is 1.70 bits per heavy atom. The first-order valence-electron chi connectivity index (χ1n) is 9.55. The highest BCUT2D eigenvalue weighted by Crippen LogP contribution is 2.27. The van der Waals surface area contributed by atoms with Gasteiger partial charge in [-0.1, -0.05) is 56.7 Å². The van der Waals surface area contributed by atoms with Crippen molar-refractivity contribution in [1.82, 2.24) is 5.32 Å². The molecule has 2 rings (SSSR count). The number of hydrogen-bond donors (Lipinski definition) is 1. The Morgan fingerprint density at radius 1 is 1.07 bits per heavy atom. The molecule has 0 spiro atoms. The summed E-state index contributed by atoms with van der Waals surface area (Å²) >= 11 is 0. The summed E-state index contributed by atoms with van der Waals surface area (Å²) in [5.41, 5.74) is 1.79. The minimum absolute atomic E-state index is 0.139. The molecule has 1 amide bonds. The van der Waals surface area contributed by atoms with Gasteiger partial charge in [-0.15, -0.1) is 0 Å². The molecule has 0 aromatic heterocycles. The molecule has 0 aliphatic rings. The van der Waals surface area contributed by atoms with Gasteiger partial charge in [-0.25, -0.2) is 9.59 Å². The topological polar surface area (TPSA) is 105 Å². The predicted octanol–water partition coefficient (Wildman–Crippen LogP) is 3.09. The Morgan fingerprint density at radius 3 is 2.33 bits per heavy atom. The monoisotopic (exact) mass is 408 g/mol. The van der Waals surface area contributed by atoms with Gasteiger partial charge < -0.3 is 14.8 Å². The average Bonchev–Trinajstić information content (AvgIpc) is 2.79. The van der Waals surface area contributed by atoms with Gasteiger partial charge >= 0.3 is 11.9 Å². The van der Waals surface area contributed by atoms with Gasteiger partial charge in [0.05, 0.1) is 24.3 Å². The summed E-state index contributed by atoms with van der Waals surface area (Å²) in [6.07, 6.45) is 0.658. The number of rotatable bonds is 8. The molecule has 0 heterocycles. The summed E-state index contributed by atoms with van der Waals surface area (Å²) in [4.78, 5) is 36.8. The molecule has 0 aliphatic carbocycles. The van der Waals surface area contributed by atoms with E-state index in [0.717, 1.165) is 0 Å². The van der Waals surface area contributed by atoms with Crippen LogP contribution < -0.4 is 5.32 Å². The van der Waals surface area contributed by atoms with Crippen LogP contribution >= 0.6 is 0 Å². The van der Waals surface area contributed by atoms with E-state index in [9.17, 15) is 19.6 Å². The minimum atomic E-state index is -0.819. The van der Waals surface area contributed by atoms with E-state index in [0.29, 0.717) is 23.1 Å². The first kappa shape index (κ1) is 22.6. The fourth-order valence-corrected chi connectivity index (χ4v) is 2.93. The Labute approximate surface area is 175 Å². The third-order valence-corrected chi connectivity index (χ3v) is 4.80. The first-order valence-corrected chi connectivity index (χ1v) is 9.55. The van der Waals surface area contributed by atoms with Gasteiger partial charge in [0.15, 0.2) is 6.61 Å². The maximum absolute atomic E-state index is 12.6. The highest BCUT2D eigenvalue weighted by molar-refractivity contribution is 5.99. The van der Waals surface area contributed by atoms with Crippen LogP contribution in [0.5, 0.6) is 0 Å². The lowest BCUT2D eigenvalue weighted by atomic mass is 9.96. The van der Waals surface area contributed by atoms with Crippen LogP contribution in [-0.4, -0.2) is 37.6 Å². The molecule has 7 heteroatoms. The zero-order chi connectivity index (χ0) is 22.1. The fourth-order valence-electron chi connectivity index (χ4n) is 2.93. The zero-order valence-corrected chi connectivity index (χ0v) is 17.2. The maximum Gasteiger partial charge on any atom is 0.339 e. The molecule has 156 valence electrons. The van der Waals surface area contributed by atoms with Gasteiger partial charge in [-0.05, 0) is 23.6 Å². The van der Waals surface area contributed by atoms with Gasteiger partial charge in [0.2, 0.25) is 0 Å². The molecular formula is C23H24N2O5. The Bertz CT molecular complexity index is 964. The normalized spacial score (nSPS) is 12.2. The number of hydrogen-bond acceptors (Lipinski definition) is 6. The molecule has 0 aliphatic heterocycles. The number of ether oxygens (including phenoxy) is 2. The molecule has 1 N–H and O–H groups in total. The van der Waals surface area contributed by atoms with Crippen LogP contribution in [-0.2, 0) is 19.1 Å². The number of amides is 1. The average molecular weight is 408 g/mol. The van der Waals surface area contributed by atoms with E-state index >= 15 is 0 Å². The fraction of sp³-hybridized carbons (Fsp3) is 0.304. The van der Waals surface area contributed by atoms with Gasteiger partial charge in [0.25, 0.3) is 5.91 Å². The van der Waals surface area contributed by atoms with Crippen LogP contribution in [0.25, 0.3) is 11.1 Å². The van der Waals surface area contributed by atoms with Crippen molar-refractivity contribution in [3.63, 3.8) is 0 Å². The molecule has 2 aromatic rings. The number of esters is 2. The third-order valence-electron chi connectivity index (χ3n) is 4.80. The van der Waals surface area contributed by atoms with Crippen molar-refractivity contribution in [3.05, 3.63) is 59.7 Å². The van der Waals surface area contributed by atoms with Crippen molar-refractivity contribution in [3.8, 4) is 17.2 Å². The third kappa shape index (κ3) is 5.45. The van der Waals surface area contributed by atoms with E-state index in [1.807, 2.05) is 13.8 Å². The summed E-state index contributed by atoms with van der Waals surface area (Å²) in [5.74, 6) is -2.00. The second-order valence-corrected chi connectivity index (χ2v) is 6.73. The summed E-state index contributed by atoms with van der Waals surface area (Å²) in [7, 11) is 1.25. The largest absolute Gasteiger partial charge is 0.467 e. The predicted molar refractivity (Wildman–Crippen MR) is 110 cm³/mol. The van der Waals surface area contributed by atoms with Crippen LogP contribution in [0, 0.1) is 17.2 Å². The van der Waals surface area contributed by atoms with E-state index in [1.165, 1.54) is 7.11 Å². The van der Waals surface area contributed by atoms with Crippen LogP contribution in [0.2, 0.25) is 0 Å². The lowest BCUT2D eigenvalue weighted by Gasteiger charge is -2.21. The minimum Gasteiger partial charge on any atom is -0.467 e. The number of benzene rings is 2. The quantitative estimate of drug-likeness (QED) is 0.673. The SMILES string of the molecule is CC[C@@H](C)[C@H](NC(=O)COC(=O)c1ccccc1-c1ccccc1C#N)C(=O)OC. The van der Waals surface area contributed by atoms with Gasteiger partial charge in [-0.3, -0.25) is 4.79 Å². The molecule has 2 aromatic carbocycles.